The molecule has 0 atom stereocenters. The van der Waals surface area contributed by atoms with E-state index in [1.54, 1.807) is 6.07 Å². The van der Waals surface area contributed by atoms with Crippen LogP contribution in [0.4, 0.5) is 17.6 Å². The average molecular weight is 263 g/mol. The van der Waals surface area contributed by atoms with Gasteiger partial charge in [-0.05, 0) is 23.9 Å². The van der Waals surface area contributed by atoms with Crippen LogP contribution in [0.3, 0.4) is 0 Å². The summed E-state index contributed by atoms with van der Waals surface area (Å²) >= 11 is -0.189. The van der Waals surface area contributed by atoms with E-state index in [4.69, 9.17) is 5.26 Å². The molecule has 0 aliphatic carbocycles. The Labute approximate surface area is 100 Å². The van der Waals surface area contributed by atoms with Crippen LogP contribution in [0.25, 0.3) is 0 Å². The number of hydrogen-bond acceptors (Lipinski definition) is 2. The molecule has 0 bridgehead atoms. The van der Waals surface area contributed by atoms with Gasteiger partial charge in [0, 0.05) is 17.7 Å². The number of nitrogens with zero attached hydrogens (tertiary/aromatic N) is 1. The summed E-state index contributed by atoms with van der Waals surface area (Å²) in [5.41, 5.74) is 0. The van der Waals surface area contributed by atoms with Gasteiger partial charge in [-0.2, -0.15) is 22.8 Å². The lowest BCUT2D eigenvalue weighted by atomic mass is 10.2. The molecule has 0 aliphatic heterocycles. The Bertz CT molecular complexity index is 400. The number of thioether (sulfide) groups is 1. The van der Waals surface area contributed by atoms with Crippen molar-refractivity contribution in [3.8, 4) is 6.07 Å². The zero-order valence-corrected chi connectivity index (χ0v) is 9.48. The molecule has 0 amide bonds. The Morgan fingerprint density at radius 1 is 1.12 bits per heavy atom. The van der Waals surface area contributed by atoms with Crippen molar-refractivity contribution in [2.24, 2.45) is 0 Å². The first-order chi connectivity index (χ1) is 7.89. The smallest absolute Gasteiger partial charge is 0.199 e. The van der Waals surface area contributed by atoms with Gasteiger partial charge in [0.25, 0.3) is 0 Å². The van der Waals surface area contributed by atoms with Crippen LogP contribution >= 0.6 is 11.8 Å². The van der Waals surface area contributed by atoms with Gasteiger partial charge >= 0.3 is 11.2 Å². The summed E-state index contributed by atoms with van der Waals surface area (Å²) in [7, 11) is 0. The van der Waals surface area contributed by atoms with Crippen molar-refractivity contribution in [2.45, 2.75) is 28.9 Å². The minimum Gasteiger partial charge on any atom is -0.199 e. The summed E-state index contributed by atoms with van der Waals surface area (Å²) in [6.45, 7) is 0. The van der Waals surface area contributed by atoms with Gasteiger partial charge in [-0.3, -0.25) is 0 Å². The number of hydrogen-bond donors (Lipinski definition) is 0. The first-order valence-electron chi connectivity index (χ1n) is 4.76. The molecule has 92 valence electrons. The van der Waals surface area contributed by atoms with Crippen LogP contribution in [0.2, 0.25) is 0 Å². The molecule has 1 nitrogen and oxygen atoms in total. The minimum absolute atomic E-state index is 0.0640. The minimum atomic E-state index is -4.22. The van der Waals surface area contributed by atoms with Gasteiger partial charge < -0.3 is 0 Å². The summed E-state index contributed by atoms with van der Waals surface area (Å²) in [5.74, 6) is -4.19. The van der Waals surface area contributed by atoms with Gasteiger partial charge in [-0.15, -0.1) is 0 Å². The van der Waals surface area contributed by atoms with Crippen LogP contribution in [0.1, 0.15) is 12.8 Å². The molecule has 0 saturated heterocycles. The number of nitriles is 1. The standard InChI is InChI=1S/C11H9F4NS/c12-10(13,7-4-8-16)11(14,15)17-9-5-2-1-3-6-9/h1-3,5-6H,4,7H2. The first kappa shape index (κ1) is 13.8. The normalized spacial score (nSPS) is 12.2. The molecule has 0 saturated carbocycles. The summed E-state index contributed by atoms with van der Waals surface area (Å²) in [4.78, 5) is 0.0640. The maximum absolute atomic E-state index is 13.3. The lowest BCUT2D eigenvalue weighted by molar-refractivity contribution is -0.154. The molecule has 0 aliphatic rings. The molecule has 6 heteroatoms. The molecule has 0 heterocycles. The molecular formula is C11H9F4NS. The third kappa shape index (κ3) is 3.63. The van der Waals surface area contributed by atoms with E-state index in [1.807, 2.05) is 0 Å². The molecule has 1 aromatic carbocycles. The summed E-state index contributed by atoms with van der Waals surface area (Å²) in [6, 6.07) is 8.69. The number of alkyl halides is 4. The Kier molecular flexibility index (Phi) is 4.40. The average Bonchev–Trinajstić information content (AvgIpc) is 2.27. The zero-order chi connectivity index (χ0) is 12.9. The Morgan fingerprint density at radius 2 is 1.71 bits per heavy atom. The quantitative estimate of drug-likeness (QED) is 0.583. The van der Waals surface area contributed by atoms with Gasteiger partial charge in [0.15, 0.2) is 0 Å². The molecule has 1 aromatic rings. The van der Waals surface area contributed by atoms with Crippen molar-refractivity contribution in [3.63, 3.8) is 0 Å². The van der Waals surface area contributed by atoms with Gasteiger partial charge in [0.2, 0.25) is 0 Å². The van der Waals surface area contributed by atoms with Gasteiger partial charge in [0.1, 0.15) is 0 Å². The molecule has 1 rings (SSSR count). The number of rotatable bonds is 5. The lowest BCUT2D eigenvalue weighted by Crippen LogP contribution is -2.37. The highest BCUT2D eigenvalue weighted by Crippen LogP contribution is 2.48. The van der Waals surface area contributed by atoms with E-state index in [-0.39, 0.29) is 16.7 Å². The van der Waals surface area contributed by atoms with Crippen LogP contribution in [0, 0.1) is 11.3 Å². The van der Waals surface area contributed by atoms with Crippen molar-refractivity contribution in [3.05, 3.63) is 30.3 Å². The third-order valence-corrected chi connectivity index (χ3v) is 3.03. The largest absolute Gasteiger partial charge is 0.360 e. The van der Waals surface area contributed by atoms with Crippen LogP contribution in [0.15, 0.2) is 35.2 Å². The first-order valence-corrected chi connectivity index (χ1v) is 5.57. The highest BCUT2D eigenvalue weighted by molar-refractivity contribution is 8.00. The second kappa shape index (κ2) is 5.41. The van der Waals surface area contributed by atoms with Crippen molar-refractivity contribution in [2.75, 3.05) is 0 Å². The predicted molar refractivity (Wildman–Crippen MR) is 57.0 cm³/mol. The molecule has 0 N–H and O–H groups in total. The van der Waals surface area contributed by atoms with E-state index >= 15 is 0 Å². The molecule has 0 spiro atoms. The monoisotopic (exact) mass is 263 g/mol. The second-order valence-corrected chi connectivity index (χ2v) is 4.48. The van der Waals surface area contributed by atoms with Crippen molar-refractivity contribution in [1.29, 1.82) is 5.26 Å². The Hall–Kier alpha value is -1.22. The maximum atomic E-state index is 13.3. The van der Waals surface area contributed by atoms with Crippen molar-refractivity contribution < 1.29 is 17.6 Å². The summed E-state index contributed by atoms with van der Waals surface area (Å²) in [5, 5.41) is 3.93. The molecule has 0 aromatic heterocycles. The zero-order valence-electron chi connectivity index (χ0n) is 8.67. The maximum Gasteiger partial charge on any atom is 0.360 e. The van der Waals surface area contributed by atoms with E-state index < -0.39 is 24.0 Å². The van der Waals surface area contributed by atoms with E-state index in [0.717, 1.165) is 0 Å². The second-order valence-electron chi connectivity index (χ2n) is 3.29. The molecule has 0 radical (unpaired) electrons. The fraction of sp³-hybridized carbons (Fsp3) is 0.364. The fourth-order valence-corrected chi connectivity index (χ4v) is 1.91. The highest BCUT2D eigenvalue weighted by Gasteiger charge is 2.56. The number of halogens is 4. The van der Waals surface area contributed by atoms with E-state index in [9.17, 15) is 17.6 Å². The topological polar surface area (TPSA) is 23.8 Å². The van der Waals surface area contributed by atoms with Crippen LogP contribution < -0.4 is 0 Å². The molecule has 0 unspecified atom stereocenters. The van der Waals surface area contributed by atoms with Crippen molar-refractivity contribution >= 4 is 11.8 Å². The van der Waals surface area contributed by atoms with E-state index in [0.29, 0.717) is 0 Å². The van der Waals surface area contributed by atoms with Gasteiger partial charge in [0.05, 0.1) is 6.07 Å². The fourth-order valence-electron chi connectivity index (χ4n) is 1.07. The highest BCUT2D eigenvalue weighted by atomic mass is 32.2. The van der Waals surface area contributed by atoms with Crippen LogP contribution in [-0.2, 0) is 0 Å². The molecule has 17 heavy (non-hydrogen) atoms. The van der Waals surface area contributed by atoms with Crippen LogP contribution in [-0.4, -0.2) is 11.2 Å². The van der Waals surface area contributed by atoms with Gasteiger partial charge in [-0.25, -0.2) is 0 Å². The molecule has 0 fully saturated rings. The van der Waals surface area contributed by atoms with E-state index in [2.05, 4.69) is 0 Å². The lowest BCUT2D eigenvalue weighted by Gasteiger charge is -2.25. The number of benzene rings is 1. The molecular weight excluding hydrogens is 254 g/mol. The summed E-state index contributed by atoms with van der Waals surface area (Å²) < 4.78 is 52.9. The Balaban J connectivity index is 2.77. The van der Waals surface area contributed by atoms with Crippen LogP contribution in [0.5, 0.6) is 0 Å². The SMILES string of the molecule is N#CCCC(F)(F)C(F)(F)Sc1ccccc1. The predicted octanol–water partition coefficient (Wildman–Crippen LogP) is 4.31. The van der Waals surface area contributed by atoms with Gasteiger partial charge in [-0.1, -0.05) is 18.2 Å². The van der Waals surface area contributed by atoms with Crippen molar-refractivity contribution in [1.82, 2.24) is 0 Å². The Morgan fingerprint density at radius 3 is 2.24 bits per heavy atom. The third-order valence-electron chi connectivity index (χ3n) is 1.97. The summed E-state index contributed by atoms with van der Waals surface area (Å²) in [6.07, 6.45) is -1.74. The van der Waals surface area contributed by atoms with E-state index in [1.165, 1.54) is 30.3 Å².